The van der Waals surface area contributed by atoms with Crippen molar-refractivity contribution in [3.63, 3.8) is 0 Å². The number of halogens is 2. The second-order valence-corrected chi connectivity index (χ2v) is 5.75. The highest BCUT2D eigenvalue weighted by Crippen LogP contribution is 2.31. The van der Waals surface area contributed by atoms with E-state index in [1.54, 1.807) is 12.3 Å². The summed E-state index contributed by atoms with van der Waals surface area (Å²) in [7, 11) is 0. The van der Waals surface area contributed by atoms with Crippen molar-refractivity contribution in [2.24, 2.45) is 0 Å². The van der Waals surface area contributed by atoms with Gasteiger partial charge in [-0.25, -0.2) is 15.0 Å². The van der Waals surface area contributed by atoms with Gasteiger partial charge < -0.3 is 0 Å². The number of aryl methyl sites for hydroxylation is 2. The summed E-state index contributed by atoms with van der Waals surface area (Å²) in [6.07, 6.45) is 1.71. The Hall–Kier alpha value is -0.650. The summed E-state index contributed by atoms with van der Waals surface area (Å²) in [6, 6.07) is 3.74. The zero-order valence-electron chi connectivity index (χ0n) is 9.24. The Kier molecular flexibility index (Phi) is 4.01. The third-order valence-electron chi connectivity index (χ3n) is 1.92. The quantitative estimate of drug-likeness (QED) is 0.779. The van der Waals surface area contributed by atoms with Gasteiger partial charge in [0.15, 0.2) is 5.16 Å². The topological polar surface area (TPSA) is 38.7 Å². The zero-order chi connectivity index (χ0) is 12.4. The van der Waals surface area contributed by atoms with Crippen LogP contribution in [-0.4, -0.2) is 15.0 Å². The number of aromatic nitrogens is 3. The Bertz CT molecular complexity index is 542. The van der Waals surface area contributed by atoms with Crippen LogP contribution in [0, 0.1) is 13.8 Å². The molecule has 0 aliphatic carbocycles. The van der Waals surface area contributed by atoms with E-state index < -0.39 is 0 Å². The molecule has 0 unspecified atom stereocenters. The number of hydrogen-bond acceptors (Lipinski definition) is 4. The van der Waals surface area contributed by atoms with E-state index >= 15 is 0 Å². The smallest absolute Gasteiger partial charge is 0.194 e. The van der Waals surface area contributed by atoms with Gasteiger partial charge in [0, 0.05) is 22.1 Å². The van der Waals surface area contributed by atoms with E-state index in [2.05, 4.69) is 30.9 Å². The van der Waals surface area contributed by atoms with E-state index in [4.69, 9.17) is 11.6 Å². The molecule has 0 saturated heterocycles. The summed E-state index contributed by atoms with van der Waals surface area (Å²) in [4.78, 5) is 12.9. The second-order valence-electron chi connectivity index (χ2n) is 3.48. The molecule has 0 fully saturated rings. The molecule has 0 aliphatic heterocycles. The largest absolute Gasteiger partial charge is 0.247 e. The monoisotopic (exact) mass is 329 g/mol. The molecule has 0 amide bonds. The fourth-order valence-electron chi connectivity index (χ4n) is 1.30. The normalized spacial score (nSPS) is 10.6. The van der Waals surface area contributed by atoms with Gasteiger partial charge in [0.2, 0.25) is 0 Å². The lowest BCUT2D eigenvalue weighted by Crippen LogP contribution is -1.93. The Labute approximate surface area is 117 Å². The molecule has 0 aliphatic rings. The van der Waals surface area contributed by atoms with Crippen molar-refractivity contribution >= 4 is 39.3 Å². The van der Waals surface area contributed by atoms with Crippen molar-refractivity contribution in [3.05, 3.63) is 39.2 Å². The molecule has 0 atom stereocenters. The molecule has 6 heteroatoms. The highest BCUT2D eigenvalue weighted by molar-refractivity contribution is 9.10. The van der Waals surface area contributed by atoms with Gasteiger partial charge in [-0.3, -0.25) is 0 Å². The van der Waals surface area contributed by atoms with Crippen LogP contribution in [0.25, 0.3) is 0 Å². The molecule has 0 saturated carbocycles. The summed E-state index contributed by atoms with van der Waals surface area (Å²) >= 11 is 10.8. The van der Waals surface area contributed by atoms with Gasteiger partial charge in [-0.2, -0.15) is 0 Å². The van der Waals surface area contributed by atoms with Crippen molar-refractivity contribution in [1.82, 2.24) is 15.0 Å². The Morgan fingerprint density at radius 1 is 1.18 bits per heavy atom. The van der Waals surface area contributed by atoms with Gasteiger partial charge in [0.1, 0.15) is 5.03 Å². The first-order chi connectivity index (χ1) is 8.04. The van der Waals surface area contributed by atoms with Crippen molar-refractivity contribution in [2.75, 3.05) is 0 Å². The van der Waals surface area contributed by atoms with Crippen LogP contribution >= 0.6 is 39.3 Å². The highest BCUT2D eigenvalue weighted by Gasteiger charge is 2.08. The summed E-state index contributed by atoms with van der Waals surface area (Å²) in [5, 5.41) is 1.96. The van der Waals surface area contributed by atoms with E-state index in [1.807, 2.05) is 19.9 Å². The van der Waals surface area contributed by atoms with Crippen molar-refractivity contribution in [1.29, 1.82) is 0 Å². The maximum Gasteiger partial charge on any atom is 0.194 e. The van der Waals surface area contributed by atoms with Crippen LogP contribution in [0.4, 0.5) is 0 Å². The maximum absolute atomic E-state index is 6.09. The summed E-state index contributed by atoms with van der Waals surface area (Å²) in [5.74, 6) is 0. The summed E-state index contributed by atoms with van der Waals surface area (Å²) in [5.41, 5.74) is 1.88. The average Bonchev–Trinajstić information content (AvgIpc) is 2.21. The predicted octanol–water partition coefficient (Wildman–Crippen LogP) is 4.06. The lowest BCUT2D eigenvalue weighted by atomic mass is 10.4. The molecule has 2 aromatic heterocycles. The lowest BCUT2D eigenvalue weighted by Gasteiger charge is -2.04. The van der Waals surface area contributed by atoms with Crippen molar-refractivity contribution in [2.45, 2.75) is 24.0 Å². The van der Waals surface area contributed by atoms with E-state index in [-0.39, 0.29) is 0 Å². The zero-order valence-corrected chi connectivity index (χ0v) is 12.4. The summed E-state index contributed by atoms with van der Waals surface area (Å²) < 4.78 is 0.855. The van der Waals surface area contributed by atoms with Crippen LogP contribution in [-0.2, 0) is 0 Å². The molecule has 2 heterocycles. The average molecular weight is 331 g/mol. The third kappa shape index (κ3) is 3.40. The minimum atomic E-state index is 0.590. The van der Waals surface area contributed by atoms with Gasteiger partial charge >= 0.3 is 0 Å². The van der Waals surface area contributed by atoms with Crippen LogP contribution in [0.15, 0.2) is 33.0 Å². The third-order valence-corrected chi connectivity index (χ3v) is 3.64. The molecule has 88 valence electrons. The van der Waals surface area contributed by atoms with Crippen molar-refractivity contribution in [3.8, 4) is 0 Å². The van der Waals surface area contributed by atoms with E-state index in [0.29, 0.717) is 15.2 Å². The lowest BCUT2D eigenvalue weighted by molar-refractivity contribution is 0.899. The number of hydrogen-bond donors (Lipinski definition) is 0. The van der Waals surface area contributed by atoms with Crippen LogP contribution < -0.4 is 0 Å². The van der Waals surface area contributed by atoms with Gasteiger partial charge in [-0.1, -0.05) is 11.6 Å². The Morgan fingerprint density at radius 2 is 1.82 bits per heavy atom. The highest BCUT2D eigenvalue weighted by atomic mass is 79.9. The molecule has 0 radical (unpaired) electrons. The van der Waals surface area contributed by atoms with Crippen LogP contribution in [0.2, 0.25) is 5.02 Å². The molecular formula is C11H9BrClN3S. The molecular weight excluding hydrogens is 322 g/mol. The number of rotatable bonds is 2. The fourth-order valence-corrected chi connectivity index (χ4v) is 2.86. The first kappa shape index (κ1) is 12.8. The molecule has 3 nitrogen and oxygen atoms in total. The first-order valence-corrected chi connectivity index (χ1v) is 6.84. The molecule has 17 heavy (non-hydrogen) atoms. The molecule has 0 spiro atoms. The van der Waals surface area contributed by atoms with Gasteiger partial charge in [0.05, 0.1) is 5.02 Å². The molecule has 0 bridgehead atoms. The van der Waals surface area contributed by atoms with Crippen molar-refractivity contribution < 1.29 is 0 Å². The maximum atomic E-state index is 6.09. The minimum Gasteiger partial charge on any atom is -0.247 e. The minimum absolute atomic E-state index is 0.590. The Morgan fingerprint density at radius 3 is 2.41 bits per heavy atom. The number of nitrogens with zero attached hydrogens (tertiary/aromatic N) is 3. The van der Waals surface area contributed by atoms with E-state index in [9.17, 15) is 0 Å². The number of pyridine rings is 1. The van der Waals surface area contributed by atoms with Crippen LogP contribution in [0.3, 0.4) is 0 Å². The molecule has 0 aromatic carbocycles. The fraction of sp³-hybridized carbons (Fsp3) is 0.182. The van der Waals surface area contributed by atoms with Gasteiger partial charge in [-0.05, 0) is 53.7 Å². The predicted molar refractivity (Wildman–Crippen MR) is 72.6 cm³/mol. The van der Waals surface area contributed by atoms with E-state index in [0.717, 1.165) is 15.9 Å². The summed E-state index contributed by atoms with van der Waals surface area (Å²) in [6.45, 7) is 3.88. The molecule has 0 N–H and O–H groups in total. The SMILES string of the molecule is Cc1cc(C)nc(Sc2ncc(Br)cc2Cl)n1. The second kappa shape index (κ2) is 5.33. The van der Waals surface area contributed by atoms with Crippen LogP contribution in [0.1, 0.15) is 11.4 Å². The Balaban J connectivity index is 2.31. The first-order valence-electron chi connectivity index (χ1n) is 4.86. The molecule has 2 rings (SSSR count). The van der Waals surface area contributed by atoms with E-state index in [1.165, 1.54) is 11.8 Å². The standard InChI is InChI=1S/C11H9BrClN3S/c1-6-3-7(2)16-11(15-6)17-10-9(13)4-8(12)5-14-10/h3-5H,1-2H3. The molecule has 2 aromatic rings. The van der Waals surface area contributed by atoms with Gasteiger partial charge in [-0.15, -0.1) is 0 Å². The van der Waals surface area contributed by atoms with Gasteiger partial charge in [0.25, 0.3) is 0 Å². The van der Waals surface area contributed by atoms with Crippen LogP contribution in [0.5, 0.6) is 0 Å².